The van der Waals surface area contributed by atoms with Crippen molar-refractivity contribution in [1.82, 2.24) is 10.6 Å². The van der Waals surface area contributed by atoms with E-state index in [9.17, 15) is 28.8 Å². The van der Waals surface area contributed by atoms with Gasteiger partial charge in [-0.1, -0.05) is 0 Å². The highest BCUT2D eigenvalue weighted by Gasteiger charge is 2.27. The molecule has 0 spiro atoms. The lowest BCUT2D eigenvalue weighted by atomic mass is 10.1. The van der Waals surface area contributed by atoms with Crippen molar-refractivity contribution in [2.75, 3.05) is 12.3 Å². The maximum atomic E-state index is 12.0. The second kappa shape index (κ2) is 12.5. The normalized spacial score (nSPS) is 13.6. The first kappa shape index (κ1) is 25.1. The Morgan fingerprint density at radius 1 is 0.929 bits per heavy atom. The summed E-state index contributed by atoms with van der Waals surface area (Å²) in [7, 11) is 0. The average Bonchev–Trinajstić information content (AvgIpc) is 2.58. The van der Waals surface area contributed by atoms with Gasteiger partial charge < -0.3 is 36.8 Å². The number of hydrogen-bond acceptors (Lipinski definition) is 8. The Morgan fingerprint density at radius 3 is 2.00 bits per heavy atom. The molecule has 8 N–H and O–H groups in total. The topological polar surface area (TPSA) is 233 Å². The van der Waals surface area contributed by atoms with Crippen molar-refractivity contribution in [3.05, 3.63) is 0 Å². The Hall–Kier alpha value is -2.87. The SMILES string of the molecule is N[C@@H](CCC(=O)N[C@@H](CS[C@@H](CC(=O)O)C(=O)O)C(=O)NCC(=O)O)C(=O)O. The molecule has 0 rings (SSSR count). The second-order valence-electron chi connectivity index (χ2n) is 5.47. The molecule has 0 aliphatic carbocycles. The number of thioether (sulfide) groups is 1. The fraction of sp³-hybridized carbons (Fsp3) is 0.571. The summed E-state index contributed by atoms with van der Waals surface area (Å²) in [4.78, 5) is 66.9. The predicted molar refractivity (Wildman–Crippen MR) is 93.6 cm³/mol. The number of nitrogens with one attached hydrogen (secondary N) is 2. The molecule has 0 aliphatic rings. The molecule has 0 heterocycles. The number of nitrogens with two attached hydrogens (primary N) is 1. The van der Waals surface area contributed by atoms with E-state index in [0.29, 0.717) is 11.8 Å². The third-order valence-corrected chi connectivity index (χ3v) is 4.46. The van der Waals surface area contributed by atoms with Crippen LogP contribution in [0.4, 0.5) is 0 Å². The number of carboxylic acid groups (broad SMARTS) is 4. The molecule has 2 amide bonds. The maximum absolute atomic E-state index is 12.0. The van der Waals surface area contributed by atoms with E-state index in [1.54, 1.807) is 0 Å². The standard InChI is InChI=1S/C14H21N3O10S/c15-6(13(24)25)1-2-9(18)17-7(12(23)16-4-11(21)22)5-28-8(14(26)27)3-10(19)20/h6-8H,1-5,15H2,(H,16,23)(H,17,18)(H,19,20)(H,21,22)(H,24,25)(H,26,27)/t6-,7-,8-/m0/s1. The molecule has 0 aromatic rings. The van der Waals surface area contributed by atoms with Crippen LogP contribution in [0.5, 0.6) is 0 Å². The molecule has 13 nitrogen and oxygen atoms in total. The van der Waals surface area contributed by atoms with Crippen LogP contribution in [0.25, 0.3) is 0 Å². The molecular weight excluding hydrogens is 402 g/mol. The van der Waals surface area contributed by atoms with Crippen molar-refractivity contribution in [3.63, 3.8) is 0 Å². The minimum atomic E-state index is -1.43. The van der Waals surface area contributed by atoms with Gasteiger partial charge in [-0.3, -0.25) is 28.8 Å². The lowest BCUT2D eigenvalue weighted by Gasteiger charge is -2.19. The quantitative estimate of drug-likeness (QED) is 0.154. The van der Waals surface area contributed by atoms with E-state index in [2.05, 4.69) is 5.32 Å². The summed E-state index contributed by atoms with van der Waals surface area (Å²) < 4.78 is 0. The van der Waals surface area contributed by atoms with Gasteiger partial charge in [-0.05, 0) is 6.42 Å². The highest BCUT2D eigenvalue weighted by atomic mass is 32.2. The van der Waals surface area contributed by atoms with Crippen molar-refractivity contribution >= 4 is 47.5 Å². The van der Waals surface area contributed by atoms with Crippen LogP contribution in [0, 0.1) is 0 Å². The molecule has 3 atom stereocenters. The van der Waals surface area contributed by atoms with Crippen LogP contribution in [-0.2, 0) is 28.8 Å². The van der Waals surface area contributed by atoms with Crippen molar-refractivity contribution < 1.29 is 49.2 Å². The molecule has 0 saturated carbocycles. The molecule has 0 saturated heterocycles. The smallest absolute Gasteiger partial charge is 0.322 e. The van der Waals surface area contributed by atoms with Gasteiger partial charge in [0.05, 0.1) is 6.42 Å². The monoisotopic (exact) mass is 423 g/mol. The molecule has 0 aromatic heterocycles. The first-order valence-corrected chi connectivity index (χ1v) is 8.82. The summed E-state index contributed by atoms with van der Waals surface area (Å²) >= 11 is 0.578. The van der Waals surface area contributed by atoms with E-state index in [-0.39, 0.29) is 18.6 Å². The number of rotatable bonds is 14. The van der Waals surface area contributed by atoms with Crippen molar-refractivity contribution in [2.45, 2.75) is 36.6 Å². The van der Waals surface area contributed by atoms with E-state index in [0.717, 1.165) is 0 Å². The zero-order chi connectivity index (χ0) is 21.9. The lowest BCUT2D eigenvalue weighted by Crippen LogP contribution is -2.50. The minimum Gasteiger partial charge on any atom is -0.481 e. The Kier molecular flexibility index (Phi) is 11.2. The van der Waals surface area contributed by atoms with E-state index in [1.807, 2.05) is 5.32 Å². The zero-order valence-electron chi connectivity index (χ0n) is 14.5. The van der Waals surface area contributed by atoms with E-state index < -0.39 is 66.0 Å². The third-order valence-electron chi connectivity index (χ3n) is 3.16. The van der Waals surface area contributed by atoms with Gasteiger partial charge in [-0.15, -0.1) is 11.8 Å². The molecule has 0 bridgehead atoms. The van der Waals surface area contributed by atoms with Gasteiger partial charge in [0.1, 0.15) is 23.9 Å². The Morgan fingerprint density at radius 2 is 1.54 bits per heavy atom. The van der Waals surface area contributed by atoms with Gasteiger partial charge in [0.15, 0.2) is 0 Å². The van der Waals surface area contributed by atoms with Crippen LogP contribution < -0.4 is 16.4 Å². The van der Waals surface area contributed by atoms with Crippen LogP contribution in [0.2, 0.25) is 0 Å². The Bertz CT molecular complexity index is 626. The van der Waals surface area contributed by atoms with Crippen molar-refractivity contribution in [1.29, 1.82) is 0 Å². The minimum absolute atomic E-state index is 0.228. The molecule has 0 aromatic carbocycles. The molecular formula is C14H21N3O10S. The van der Waals surface area contributed by atoms with Gasteiger partial charge >= 0.3 is 23.9 Å². The highest BCUT2D eigenvalue weighted by Crippen LogP contribution is 2.17. The molecule has 158 valence electrons. The van der Waals surface area contributed by atoms with Crippen LogP contribution in [0.15, 0.2) is 0 Å². The molecule has 14 heteroatoms. The molecule has 0 radical (unpaired) electrons. The maximum Gasteiger partial charge on any atom is 0.322 e. The summed E-state index contributed by atoms with van der Waals surface area (Å²) in [6.45, 7) is -0.753. The zero-order valence-corrected chi connectivity index (χ0v) is 15.3. The molecule has 28 heavy (non-hydrogen) atoms. The first-order chi connectivity index (χ1) is 12.9. The Balaban J connectivity index is 4.98. The first-order valence-electron chi connectivity index (χ1n) is 7.77. The summed E-state index contributed by atoms with van der Waals surface area (Å²) in [5.74, 6) is -7.53. The van der Waals surface area contributed by atoms with Gasteiger partial charge in [-0.2, -0.15) is 0 Å². The predicted octanol–water partition coefficient (Wildman–Crippen LogP) is -2.47. The molecule has 0 fully saturated rings. The van der Waals surface area contributed by atoms with E-state index >= 15 is 0 Å². The van der Waals surface area contributed by atoms with Gasteiger partial charge in [0, 0.05) is 12.2 Å². The van der Waals surface area contributed by atoms with Gasteiger partial charge in [0.2, 0.25) is 11.8 Å². The number of aliphatic carboxylic acids is 4. The fourth-order valence-corrected chi connectivity index (χ4v) is 2.80. The largest absolute Gasteiger partial charge is 0.481 e. The number of carbonyl (C=O) groups is 6. The van der Waals surface area contributed by atoms with Gasteiger partial charge in [0.25, 0.3) is 0 Å². The fourth-order valence-electron chi connectivity index (χ4n) is 1.73. The summed E-state index contributed by atoms with van der Waals surface area (Å²) in [5, 5.41) is 37.8. The number of carbonyl (C=O) groups excluding carboxylic acids is 2. The number of carboxylic acids is 4. The molecule has 0 unspecified atom stereocenters. The van der Waals surface area contributed by atoms with E-state index in [1.165, 1.54) is 0 Å². The summed E-state index contributed by atoms with van der Waals surface area (Å²) in [6, 6.07) is -2.67. The van der Waals surface area contributed by atoms with E-state index in [4.69, 9.17) is 26.2 Å². The van der Waals surface area contributed by atoms with Crippen molar-refractivity contribution in [3.8, 4) is 0 Å². The van der Waals surface area contributed by atoms with Crippen LogP contribution in [0.3, 0.4) is 0 Å². The average molecular weight is 423 g/mol. The van der Waals surface area contributed by atoms with Crippen LogP contribution in [-0.4, -0.2) is 85.7 Å². The van der Waals surface area contributed by atoms with Crippen molar-refractivity contribution in [2.24, 2.45) is 5.73 Å². The van der Waals surface area contributed by atoms with Crippen LogP contribution in [0.1, 0.15) is 19.3 Å². The third kappa shape index (κ3) is 11.0. The molecule has 0 aliphatic heterocycles. The van der Waals surface area contributed by atoms with Crippen LogP contribution >= 0.6 is 11.8 Å². The Labute approximate surface area is 162 Å². The highest BCUT2D eigenvalue weighted by molar-refractivity contribution is 8.00. The second-order valence-corrected chi connectivity index (χ2v) is 6.71. The summed E-state index contributed by atoms with van der Waals surface area (Å²) in [5.41, 5.74) is 5.27. The summed E-state index contributed by atoms with van der Waals surface area (Å²) in [6.07, 6.45) is -1.31. The number of hydrogen-bond donors (Lipinski definition) is 7. The number of amides is 2. The van der Waals surface area contributed by atoms with Gasteiger partial charge in [-0.25, -0.2) is 0 Å². The lowest BCUT2D eigenvalue weighted by molar-refractivity contribution is -0.142.